The zero-order valence-electron chi connectivity index (χ0n) is 6.98. The number of aliphatic imine (C=N–C) groups is 1. The smallest absolute Gasteiger partial charge is 0.296 e. The molecule has 0 aliphatic heterocycles. The zero-order chi connectivity index (χ0) is 10.7. The summed E-state index contributed by atoms with van der Waals surface area (Å²) in [5.74, 6) is -0.200. The van der Waals surface area contributed by atoms with E-state index in [0.29, 0.717) is 0 Å². The Morgan fingerprint density at radius 3 is 2.64 bits per heavy atom. The van der Waals surface area contributed by atoms with Gasteiger partial charge in [-0.1, -0.05) is 0 Å². The number of hydrogen-bond acceptors (Lipinski definition) is 3. The summed E-state index contributed by atoms with van der Waals surface area (Å²) < 4.78 is 0.754. The summed E-state index contributed by atoms with van der Waals surface area (Å²) in [4.78, 5) is 13.7. The van der Waals surface area contributed by atoms with Crippen LogP contribution in [-0.2, 0) is 0 Å². The minimum atomic E-state index is -0.524. The highest BCUT2D eigenvalue weighted by Gasteiger charge is 2.13. The van der Waals surface area contributed by atoms with Crippen LogP contribution in [0, 0.1) is 13.7 Å². The molecule has 0 aromatic heterocycles. The normalized spacial score (nSPS) is 9.50. The Morgan fingerprint density at radius 2 is 2.14 bits per heavy atom. The van der Waals surface area contributed by atoms with Crippen LogP contribution in [0.3, 0.4) is 0 Å². The van der Waals surface area contributed by atoms with Crippen molar-refractivity contribution in [1.29, 1.82) is 0 Å². The maximum absolute atomic E-state index is 10.6. The molecule has 0 amide bonds. The summed E-state index contributed by atoms with van der Waals surface area (Å²) >= 11 is 1.97. The molecule has 0 aliphatic rings. The van der Waals surface area contributed by atoms with E-state index in [1.165, 1.54) is 12.1 Å². The Balaban J connectivity index is 3.29. The van der Waals surface area contributed by atoms with E-state index in [1.54, 1.807) is 6.07 Å². The van der Waals surface area contributed by atoms with E-state index >= 15 is 0 Å². The van der Waals surface area contributed by atoms with Gasteiger partial charge in [-0.15, -0.1) is 0 Å². The summed E-state index contributed by atoms with van der Waals surface area (Å²) in [7, 11) is 0. The summed E-state index contributed by atoms with van der Waals surface area (Å²) in [5, 5.41) is 10.6. The highest BCUT2D eigenvalue weighted by Crippen LogP contribution is 2.28. The molecule has 6 nitrogen and oxygen atoms in total. The van der Waals surface area contributed by atoms with E-state index in [2.05, 4.69) is 4.99 Å². The molecule has 74 valence electrons. The standard InChI is InChI=1S/C7H7IN4O2/c8-4-1-2-5(11-7(9)10)6(3-4)12(13)14/h1-3H,(H4,9,10,11). The molecule has 0 heterocycles. The van der Waals surface area contributed by atoms with Crippen molar-refractivity contribution < 1.29 is 4.92 Å². The maximum Gasteiger partial charge on any atom is 0.296 e. The molecule has 0 saturated heterocycles. The summed E-state index contributed by atoms with van der Waals surface area (Å²) in [6, 6.07) is 4.59. The zero-order valence-corrected chi connectivity index (χ0v) is 9.13. The first-order valence-corrected chi connectivity index (χ1v) is 4.62. The van der Waals surface area contributed by atoms with Crippen LogP contribution in [-0.4, -0.2) is 10.9 Å². The topological polar surface area (TPSA) is 108 Å². The molecule has 0 atom stereocenters. The SMILES string of the molecule is NC(N)=Nc1ccc(I)cc1[N+](=O)[O-]. The van der Waals surface area contributed by atoms with Gasteiger partial charge in [0.2, 0.25) is 0 Å². The fourth-order valence-corrected chi connectivity index (χ4v) is 1.35. The van der Waals surface area contributed by atoms with Gasteiger partial charge in [-0.3, -0.25) is 10.1 Å². The lowest BCUT2D eigenvalue weighted by Crippen LogP contribution is -2.22. The molecular formula is C7H7IN4O2. The molecule has 4 N–H and O–H groups in total. The molecule has 7 heteroatoms. The molecule has 0 fully saturated rings. The number of guanidine groups is 1. The van der Waals surface area contributed by atoms with Crippen LogP contribution in [0.4, 0.5) is 11.4 Å². The van der Waals surface area contributed by atoms with Gasteiger partial charge in [0, 0.05) is 9.64 Å². The minimum Gasteiger partial charge on any atom is -0.370 e. The first kappa shape index (κ1) is 10.7. The second-order valence-electron chi connectivity index (χ2n) is 2.43. The Morgan fingerprint density at radius 1 is 1.50 bits per heavy atom. The van der Waals surface area contributed by atoms with Gasteiger partial charge in [0.15, 0.2) is 5.96 Å². The van der Waals surface area contributed by atoms with Gasteiger partial charge in [-0.2, -0.15) is 0 Å². The van der Waals surface area contributed by atoms with Crippen molar-refractivity contribution in [2.45, 2.75) is 0 Å². The number of nitro benzene ring substituents is 1. The molecule has 1 aromatic carbocycles. The largest absolute Gasteiger partial charge is 0.370 e. The molecule has 0 spiro atoms. The van der Waals surface area contributed by atoms with E-state index in [1.807, 2.05) is 22.6 Å². The van der Waals surface area contributed by atoms with Gasteiger partial charge in [0.1, 0.15) is 5.69 Å². The van der Waals surface area contributed by atoms with E-state index < -0.39 is 4.92 Å². The van der Waals surface area contributed by atoms with Crippen molar-refractivity contribution in [2.24, 2.45) is 16.5 Å². The molecule has 0 unspecified atom stereocenters. The van der Waals surface area contributed by atoms with E-state index in [4.69, 9.17) is 11.5 Å². The lowest BCUT2D eigenvalue weighted by Gasteiger charge is -1.98. The van der Waals surface area contributed by atoms with Crippen molar-refractivity contribution in [1.82, 2.24) is 0 Å². The van der Waals surface area contributed by atoms with Crippen LogP contribution in [0.25, 0.3) is 0 Å². The van der Waals surface area contributed by atoms with Gasteiger partial charge in [0.05, 0.1) is 4.92 Å². The molecule has 14 heavy (non-hydrogen) atoms. The van der Waals surface area contributed by atoms with Crippen LogP contribution >= 0.6 is 22.6 Å². The highest BCUT2D eigenvalue weighted by molar-refractivity contribution is 14.1. The fourth-order valence-electron chi connectivity index (χ4n) is 0.876. The predicted molar refractivity (Wildman–Crippen MR) is 61.3 cm³/mol. The van der Waals surface area contributed by atoms with Gasteiger partial charge < -0.3 is 11.5 Å². The Hall–Kier alpha value is -1.38. The summed E-state index contributed by atoms with van der Waals surface area (Å²) in [6.07, 6.45) is 0. The average molecular weight is 306 g/mol. The number of halogens is 1. The van der Waals surface area contributed by atoms with Crippen molar-refractivity contribution >= 4 is 39.9 Å². The van der Waals surface area contributed by atoms with Crippen LogP contribution in [0.5, 0.6) is 0 Å². The number of nitrogens with zero attached hydrogens (tertiary/aromatic N) is 2. The third-order valence-corrected chi connectivity index (χ3v) is 2.05. The number of hydrogen-bond donors (Lipinski definition) is 2. The van der Waals surface area contributed by atoms with Gasteiger partial charge in [-0.05, 0) is 34.7 Å². The van der Waals surface area contributed by atoms with Crippen molar-refractivity contribution in [2.75, 3.05) is 0 Å². The second-order valence-corrected chi connectivity index (χ2v) is 3.67. The Labute approximate surface area is 93.3 Å². The quantitative estimate of drug-likeness (QED) is 0.280. The molecule has 0 radical (unpaired) electrons. The van der Waals surface area contributed by atoms with E-state index in [-0.39, 0.29) is 17.3 Å². The molecule has 1 aromatic rings. The van der Waals surface area contributed by atoms with E-state index in [9.17, 15) is 10.1 Å². The summed E-state index contributed by atoms with van der Waals surface area (Å²) in [5.41, 5.74) is 10.3. The first-order chi connectivity index (χ1) is 6.50. The maximum atomic E-state index is 10.6. The van der Waals surface area contributed by atoms with Gasteiger partial charge >= 0.3 is 0 Å². The van der Waals surface area contributed by atoms with Crippen LogP contribution in [0.15, 0.2) is 23.2 Å². The number of nitro groups is 1. The predicted octanol–water partition coefficient (Wildman–Crippen LogP) is 1.10. The molecule has 0 bridgehead atoms. The minimum absolute atomic E-state index is 0.106. The third kappa shape index (κ3) is 2.55. The first-order valence-electron chi connectivity index (χ1n) is 3.54. The number of rotatable bonds is 2. The lowest BCUT2D eigenvalue weighted by molar-refractivity contribution is -0.384. The highest BCUT2D eigenvalue weighted by atomic mass is 127. The molecule has 0 saturated carbocycles. The second kappa shape index (κ2) is 4.22. The third-order valence-electron chi connectivity index (χ3n) is 1.38. The van der Waals surface area contributed by atoms with Crippen molar-refractivity contribution in [3.63, 3.8) is 0 Å². The number of nitrogens with two attached hydrogens (primary N) is 2. The van der Waals surface area contributed by atoms with Crippen molar-refractivity contribution in [3.8, 4) is 0 Å². The van der Waals surface area contributed by atoms with Crippen molar-refractivity contribution in [3.05, 3.63) is 31.9 Å². The van der Waals surface area contributed by atoms with Crippen LogP contribution < -0.4 is 11.5 Å². The molecule has 0 aliphatic carbocycles. The Kier molecular flexibility index (Phi) is 3.23. The fraction of sp³-hybridized carbons (Fsp3) is 0. The lowest BCUT2D eigenvalue weighted by atomic mass is 10.3. The summed E-state index contributed by atoms with van der Waals surface area (Å²) in [6.45, 7) is 0. The monoisotopic (exact) mass is 306 g/mol. The average Bonchev–Trinajstić information content (AvgIpc) is 2.07. The molecule has 1 rings (SSSR count). The van der Waals surface area contributed by atoms with Gasteiger partial charge in [0.25, 0.3) is 5.69 Å². The van der Waals surface area contributed by atoms with Crippen LogP contribution in [0.1, 0.15) is 0 Å². The molecular weight excluding hydrogens is 299 g/mol. The van der Waals surface area contributed by atoms with Gasteiger partial charge in [-0.25, -0.2) is 4.99 Å². The Bertz CT molecular complexity index is 401. The van der Waals surface area contributed by atoms with Crippen LogP contribution in [0.2, 0.25) is 0 Å². The number of benzene rings is 1. The van der Waals surface area contributed by atoms with E-state index in [0.717, 1.165) is 3.57 Å².